The van der Waals surface area contributed by atoms with Crippen LogP contribution in [0.5, 0.6) is 0 Å². The van der Waals surface area contributed by atoms with Crippen LogP contribution in [-0.4, -0.2) is 12.3 Å². The highest BCUT2D eigenvalue weighted by molar-refractivity contribution is 5.89. The predicted molar refractivity (Wildman–Crippen MR) is 59.5 cm³/mol. The number of nitrogens with two attached hydrogens (primary N) is 1. The van der Waals surface area contributed by atoms with E-state index < -0.39 is 6.09 Å². The van der Waals surface area contributed by atoms with Crippen LogP contribution in [0.4, 0.5) is 10.5 Å². The third kappa shape index (κ3) is 2.30. The van der Waals surface area contributed by atoms with Gasteiger partial charge >= 0.3 is 6.09 Å². The number of aliphatic imine (C=N–C) groups is 1. The number of anilines is 1. The van der Waals surface area contributed by atoms with Crippen LogP contribution in [0.3, 0.4) is 0 Å². The number of amides is 1. The van der Waals surface area contributed by atoms with Gasteiger partial charge in [-0.3, -0.25) is 4.99 Å². The van der Waals surface area contributed by atoms with Gasteiger partial charge in [0.1, 0.15) is 0 Å². The molecule has 1 aromatic rings. The number of hydroxylamine groups is 1. The molecule has 2 rings (SSSR count). The summed E-state index contributed by atoms with van der Waals surface area (Å²) < 4.78 is 0. The fraction of sp³-hybridized carbons (Fsp3) is 0. The molecule has 0 atom stereocenters. The van der Waals surface area contributed by atoms with Crippen molar-refractivity contribution < 1.29 is 9.63 Å². The molecule has 16 heavy (non-hydrogen) atoms. The van der Waals surface area contributed by atoms with E-state index in [1.165, 1.54) is 6.20 Å². The lowest BCUT2D eigenvalue weighted by Crippen LogP contribution is -2.27. The first-order valence-corrected chi connectivity index (χ1v) is 4.57. The molecular formula is C10H10N4O2. The number of carbonyl (C=O) groups excluding carboxylic acids is 1. The Morgan fingerprint density at radius 3 is 3.06 bits per heavy atom. The summed E-state index contributed by atoms with van der Waals surface area (Å²) in [6.45, 7) is 0. The van der Waals surface area contributed by atoms with Crippen molar-refractivity contribution in [2.24, 2.45) is 10.7 Å². The van der Waals surface area contributed by atoms with E-state index in [4.69, 9.17) is 5.73 Å². The molecule has 0 aliphatic carbocycles. The summed E-state index contributed by atoms with van der Waals surface area (Å²) in [5.41, 5.74) is 8.99. The predicted octanol–water partition coefficient (Wildman–Crippen LogP) is 0.930. The first-order chi connectivity index (χ1) is 7.75. The van der Waals surface area contributed by atoms with Crippen LogP contribution < -0.4 is 16.5 Å². The van der Waals surface area contributed by atoms with Crippen molar-refractivity contribution in [1.29, 1.82) is 0 Å². The Hall–Kier alpha value is -2.50. The van der Waals surface area contributed by atoms with E-state index in [-0.39, 0.29) is 0 Å². The van der Waals surface area contributed by atoms with Crippen LogP contribution in [0, 0.1) is 0 Å². The van der Waals surface area contributed by atoms with Gasteiger partial charge in [0.05, 0.1) is 6.20 Å². The van der Waals surface area contributed by atoms with Gasteiger partial charge < -0.3 is 15.9 Å². The number of hydrogen-bond acceptors (Lipinski definition) is 5. The maximum atomic E-state index is 10.4. The van der Waals surface area contributed by atoms with Gasteiger partial charge in [-0.05, 0) is 6.07 Å². The zero-order chi connectivity index (χ0) is 11.4. The van der Waals surface area contributed by atoms with E-state index in [0.29, 0.717) is 5.82 Å². The van der Waals surface area contributed by atoms with Crippen LogP contribution in [0.2, 0.25) is 0 Å². The molecule has 1 aliphatic heterocycles. The van der Waals surface area contributed by atoms with Gasteiger partial charge in [-0.2, -0.15) is 5.48 Å². The standard InChI is InChI=1S/C10H10N4O2/c11-10(15)16-14-9-6-12-5-7-3-1-2-4-8(7)13-9/h1-6,13-14H,(H2,11,15). The van der Waals surface area contributed by atoms with Crippen molar-refractivity contribution in [3.8, 4) is 0 Å². The molecule has 0 saturated carbocycles. The third-order valence-electron chi connectivity index (χ3n) is 1.91. The molecule has 1 amide bonds. The Kier molecular flexibility index (Phi) is 2.73. The second kappa shape index (κ2) is 4.35. The van der Waals surface area contributed by atoms with E-state index in [2.05, 4.69) is 20.6 Å². The second-order valence-corrected chi connectivity index (χ2v) is 3.06. The minimum Gasteiger partial charge on any atom is -0.338 e. The molecule has 0 radical (unpaired) electrons. The quantitative estimate of drug-likeness (QED) is 0.644. The molecule has 4 N–H and O–H groups in total. The number of nitrogens with zero attached hydrogens (tertiary/aromatic N) is 1. The Labute approximate surface area is 91.8 Å². The largest absolute Gasteiger partial charge is 0.428 e. The summed E-state index contributed by atoms with van der Waals surface area (Å²) in [5.74, 6) is 0.431. The topological polar surface area (TPSA) is 88.7 Å². The van der Waals surface area contributed by atoms with Gasteiger partial charge in [0.15, 0.2) is 5.82 Å². The fourth-order valence-corrected chi connectivity index (χ4v) is 1.25. The number of nitrogens with one attached hydrogen (secondary N) is 2. The molecule has 6 heteroatoms. The number of primary amides is 1. The second-order valence-electron chi connectivity index (χ2n) is 3.06. The molecule has 6 nitrogen and oxygen atoms in total. The van der Waals surface area contributed by atoms with Gasteiger partial charge in [-0.25, -0.2) is 4.79 Å². The summed E-state index contributed by atoms with van der Waals surface area (Å²) in [7, 11) is 0. The van der Waals surface area contributed by atoms with E-state index in [9.17, 15) is 4.79 Å². The van der Waals surface area contributed by atoms with E-state index in [0.717, 1.165) is 11.3 Å². The van der Waals surface area contributed by atoms with Crippen LogP contribution in [0.15, 0.2) is 41.3 Å². The Bertz CT molecular complexity index is 468. The van der Waals surface area contributed by atoms with Gasteiger partial charge in [0, 0.05) is 17.5 Å². The summed E-state index contributed by atoms with van der Waals surface area (Å²) in [4.78, 5) is 18.9. The summed E-state index contributed by atoms with van der Waals surface area (Å²) in [6.07, 6.45) is 2.27. The number of rotatable bonds is 2. The van der Waals surface area contributed by atoms with Gasteiger partial charge in [0.2, 0.25) is 0 Å². The van der Waals surface area contributed by atoms with Crippen molar-refractivity contribution >= 4 is 18.0 Å². The lowest BCUT2D eigenvalue weighted by atomic mass is 10.2. The summed E-state index contributed by atoms with van der Waals surface area (Å²) in [5, 5.41) is 3.01. The summed E-state index contributed by atoms with van der Waals surface area (Å²) in [6, 6.07) is 7.59. The molecule has 0 saturated heterocycles. The molecule has 0 aromatic heterocycles. The maximum absolute atomic E-state index is 10.4. The fourth-order valence-electron chi connectivity index (χ4n) is 1.25. The zero-order valence-electron chi connectivity index (χ0n) is 8.31. The molecule has 1 aromatic carbocycles. The molecule has 1 aliphatic rings. The normalized spacial score (nSPS) is 12.9. The monoisotopic (exact) mass is 218 g/mol. The minimum absolute atomic E-state index is 0.431. The lowest BCUT2D eigenvalue weighted by molar-refractivity contribution is 0.116. The SMILES string of the molecule is NC(=O)ONC1=CN=Cc2ccccc2N1. The molecule has 82 valence electrons. The van der Waals surface area contributed by atoms with Crippen molar-refractivity contribution in [3.05, 3.63) is 41.8 Å². The summed E-state index contributed by atoms with van der Waals surface area (Å²) >= 11 is 0. The molecule has 0 unspecified atom stereocenters. The van der Waals surface area contributed by atoms with Gasteiger partial charge in [-0.1, -0.05) is 18.2 Å². The Balaban J connectivity index is 2.13. The maximum Gasteiger partial charge on any atom is 0.428 e. The number of hydrogen-bond donors (Lipinski definition) is 3. The van der Waals surface area contributed by atoms with Crippen LogP contribution in [0.1, 0.15) is 5.56 Å². The third-order valence-corrected chi connectivity index (χ3v) is 1.91. The van der Waals surface area contributed by atoms with Crippen LogP contribution in [0.25, 0.3) is 0 Å². The van der Waals surface area contributed by atoms with Gasteiger partial charge in [-0.15, -0.1) is 0 Å². The van der Waals surface area contributed by atoms with Crippen molar-refractivity contribution in [3.63, 3.8) is 0 Å². The first-order valence-electron chi connectivity index (χ1n) is 4.57. The highest BCUT2D eigenvalue weighted by atomic mass is 16.7. The highest BCUT2D eigenvalue weighted by Gasteiger charge is 2.06. The number of para-hydroxylation sites is 1. The van der Waals surface area contributed by atoms with Crippen LogP contribution in [-0.2, 0) is 4.84 Å². The first kappa shape index (κ1) is 10.0. The van der Waals surface area contributed by atoms with Crippen molar-refractivity contribution in [2.75, 3.05) is 5.32 Å². The highest BCUT2D eigenvalue weighted by Crippen LogP contribution is 2.16. The number of fused-ring (bicyclic) bond motifs is 1. The Morgan fingerprint density at radius 2 is 2.25 bits per heavy atom. The van der Waals surface area contributed by atoms with E-state index >= 15 is 0 Å². The van der Waals surface area contributed by atoms with Gasteiger partial charge in [0.25, 0.3) is 0 Å². The minimum atomic E-state index is -0.913. The van der Waals surface area contributed by atoms with Crippen molar-refractivity contribution in [2.45, 2.75) is 0 Å². The lowest BCUT2D eigenvalue weighted by Gasteiger charge is -2.11. The smallest absolute Gasteiger partial charge is 0.338 e. The molecule has 0 fully saturated rings. The molecule has 0 spiro atoms. The Morgan fingerprint density at radius 1 is 1.44 bits per heavy atom. The zero-order valence-corrected chi connectivity index (χ0v) is 8.31. The molecular weight excluding hydrogens is 208 g/mol. The molecule has 1 heterocycles. The molecule has 0 bridgehead atoms. The number of benzene rings is 1. The van der Waals surface area contributed by atoms with Crippen molar-refractivity contribution in [1.82, 2.24) is 5.48 Å². The van der Waals surface area contributed by atoms with E-state index in [1.807, 2.05) is 24.3 Å². The average molecular weight is 218 g/mol. The average Bonchev–Trinajstić information content (AvgIpc) is 2.47. The van der Waals surface area contributed by atoms with E-state index in [1.54, 1.807) is 6.21 Å². The van der Waals surface area contributed by atoms with Crippen LogP contribution >= 0.6 is 0 Å². The number of carbonyl (C=O) groups is 1.